The van der Waals surface area contributed by atoms with E-state index in [1.165, 1.54) is 12.3 Å². The van der Waals surface area contributed by atoms with E-state index in [0.717, 1.165) is 5.56 Å². The van der Waals surface area contributed by atoms with Crippen LogP contribution in [0.1, 0.15) is 28.5 Å². The molecule has 1 saturated heterocycles. The minimum absolute atomic E-state index is 0.107. The summed E-state index contributed by atoms with van der Waals surface area (Å²) in [5, 5.41) is 9.74. The Labute approximate surface area is 151 Å². The van der Waals surface area contributed by atoms with Crippen molar-refractivity contribution in [1.29, 1.82) is 0 Å². The lowest BCUT2D eigenvalue weighted by Crippen LogP contribution is -2.26. The maximum atomic E-state index is 12.3. The van der Waals surface area contributed by atoms with Crippen LogP contribution in [0.5, 0.6) is 5.75 Å². The molecule has 26 heavy (non-hydrogen) atoms. The van der Waals surface area contributed by atoms with Crippen LogP contribution < -0.4 is 10.2 Å². The van der Waals surface area contributed by atoms with Gasteiger partial charge in [-0.1, -0.05) is 36.4 Å². The zero-order valence-electron chi connectivity index (χ0n) is 14.3. The number of pyridine rings is 1. The van der Waals surface area contributed by atoms with E-state index in [2.05, 4.69) is 6.58 Å². The van der Waals surface area contributed by atoms with E-state index in [1.807, 2.05) is 30.3 Å². The second-order valence-electron chi connectivity index (χ2n) is 6.23. The van der Waals surface area contributed by atoms with Crippen LogP contribution in [0, 0.1) is 5.92 Å². The first kappa shape index (κ1) is 17.9. The number of allylic oxidation sites excluding steroid dienone is 1. The third-order valence-corrected chi connectivity index (χ3v) is 4.50. The van der Waals surface area contributed by atoms with Crippen LogP contribution in [0.3, 0.4) is 0 Å². The molecule has 6 heteroatoms. The topological polar surface area (TPSA) is 77.8 Å². The quantitative estimate of drug-likeness (QED) is 0.773. The molecule has 1 N–H and O–H groups in total. The minimum atomic E-state index is -1.20. The molecule has 1 aliphatic rings. The second-order valence-corrected chi connectivity index (χ2v) is 6.23. The fraction of sp³-hybridized carbons (Fsp3) is 0.300. The fourth-order valence-corrected chi connectivity index (χ4v) is 3.22. The number of rotatable bonds is 7. The molecule has 1 aliphatic heterocycles. The maximum Gasteiger partial charge on any atom is 0.356 e. The number of carboxylic acids is 1. The van der Waals surface area contributed by atoms with Crippen molar-refractivity contribution in [2.75, 3.05) is 13.2 Å². The van der Waals surface area contributed by atoms with Crippen LogP contribution in [-0.4, -0.2) is 28.9 Å². The molecule has 2 aromatic rings. The molecule has 2 unspecified atom stereocenters. The first-order valence-electron chi connectivity index (χ1n) is 8.45. The molecule has 0 saturated carbocycles. The number of benzene rings is 1. The summed E-state index contributed by atoms with van der Waals surface area (Å²) in [6, 6.07) is 10.5. The number of carboxylic acid groups (broad SMARTS) is 1. The lowest BCUT2D eigenvalue weighted by molar-refractivity contribution is 0.0672. The van der Waals surface area contributed by atoms with Crippen LogP contribution >= 0.6 is 0 Å². The van der Waals surface area contributed by atoms with Crippen molar-refractivity contribution in [2.24, 2.45) is 5.92 Å². The Morgan fingerprint density at radius 1 is 1.31 bits per heavy atom. The third-order valence-electron chi connectivity index (χ3n) is 4.50. The first-order chi connectivity index (χ1) is 12.6. The Balaban J connectivity index is 1.97. The monoisotopic (exact) mass is 355 g/mol. The molecule has 0 spiro atoms. The zero-order valence-corrected chi connectivity index (χ0v) is 14.3. The number of carbonyl (C=O) groups is 1. The molecule has 0 amide bonds. The molecule has 136 valence electrons. The lowest BCUT2D eigenvalue weighted by atomic mass is 9.99. The predicted molar refractivity (Wildman–Crippen MR) is 96.6 cm³/mol. The van der Waals surface area contributed by atoms with Crippen LogP contribution in [0.15, 0.2) is 60.0 Å². The number of hydrogen-bond acceptors (Lipinski definition) is 4. The normalized spacial score (nSPS) is 19.2. The lowest BCUT2D eigenvalue weighted by Gasteiger charge is -2.23. The summed E-state index contributed by atoms with van der Waals surface area (Å²) in [4.78, 5) is 24.2. The summed E-state index contributed by atoms with van der Waals surface area (Å²) in [7, 11) is 0. The maximum absolute atomic E-state index is 12.3. The van der Waals surface area contributed by atoms with Crippen molar-refractivity contribution in [3.63, 3.8) is 0 Å². The number of aromatic nitrogens is 1. The Hall–Kier alpha value is -2.86. The second kappa shape index (κ2) is 8.01. The van der Waals surface area contributed by atoms with E-state index in [1.54, 1.807) is 10.6 Å². The summed E-state index contributed by atoms with van der Waals surface area (Å²) in [5.41, 5.74) is 0.263. The minimum Gasteiger partial charge on any atom is -0.482 e. The van der Waals surface area contributed by atoms with Crippen LogP contribution in [-0.2, 0) is 11.3 Å². The number of ether oxygens (including phenoxy) is 2. The van der Waals surface area contributed by atoms with Gasteiger partial charge in [0, 0.05) is 18.2 Å². The van der Waals surface area contributed by atoms with Crippen LogP contribution in [0.2, 0.25) is 0 Å². The Bertz CT molecular complexity index is 843. The Kier molecular flexibility index (Phi) is 5.53. The van der Waals surface area contributed by atoms with E-state index in [0.29, 0.717) is 19.6 Å². The van der Waals surface area contributed by atoms with E-state index in [-0.39, 0.29) is 30.0 Å². The van der Waals surface area contributed by atoms with Gasteiger partial charge in [-0.3, -0.25) is 4.79 Å². The van der Waals surface area contributed by atoms with Gasteiger partial charge >= 0.3 is 5.97 Å². The molecular formula is C20H21NO5. The summed E-state index contributed by atoms with van der Waals surface area (Å²) in [5.74, 6) is -1.24. The standard InChI is InChI=1S/C20H21NO5/c1-2-6-15-12-25-13-16(15)21-10-9-17(22)19(18(21)20(23)24)26-11-14-7-4-3-5-8-14/h2-5,7-10,15-16H,1,6,11-13H2,(H,23,24). The van der Waals surface area contributed by atoms with E-state index >= 15 is 0 Å². The third kappa shape index (κ3) is 3.70. The zero-order chi connectivity index (χ0) is 18.5. The van der Waals surface area contributed by atoms with Crippen molar-refractivity contribution in [2.45, 2.75) is 19.1 Å². The average molecular weight is 355 g/mol. The summed E-state index contributed by atoms with van der Waals surface area (Å²) >= 11 is 0. The molecule has 2 heterocycles. The first-order valence-corrected chi connectivity index (χ1v) is 8.45. The highest BCUT2D eigenvalue weighted by Crippen LogP contribution is 2.31. The van der Waals surface area contributed by atoms with Gasteiger partial charge in [-0.25, -0.2) is 4.79 Å². The van der Waals surface area contributed by atoms with Gasteiger partial charge in [-0.2, -0.15) is 0 Å². The average Bonchev–Trinajstić information content (AvgIpc) is 3.09. The number of hydrogen-bond donors (Lipinski definition) is 1. The molecule has 0 aliphatic carbocycles. The highest BCUT2D eigenvalue weighted by Gasteiger charge is 2.32. The molecule has 1 aromatic heterocycles. The Morgan fingerprint density at radius 2 is 2.08 bits per heavy atom. The van der Waals surface area contributed by atoms with Gasteiger partial charge in [0.25, 0.3) is 0 Å². The largest absolute Gasteiger partial charge is 0.482 e. The van der Waals surface area contributed by atoms with Gasteiger partial charge in [-0.05, 0) is 12.0 Å². The smallest absolute Gasteiger partial charge is 0.356 e. The van der Waals surface area contributed by atoms with Crippen molar-refractivity contribution < 1.29 is 19.4 Å². The number of aromatic carboxylic acids is 1. The van der Waals surface area contributed by atoms with E-state index in [9.17, 15) is 14.7 Å². The van der Waals surface area contributed by atoms with Gasteiger partial charge < -0.3 is 19.1 Å². The molecule has 1 fully saturated rings. The van der Waals surface area contributed by atoms with E-state index in [4.69, 9.17) is 9.47 Å². The van der Waals surface area contributed by atoms with Gasteiger partial charge in [-0.15, -0.1) is 6.58 Å². The van der Waals surface area contributed by atoms with Crippen LogP contribution in [0.4, 0.5) is 0 Å². The highest BCUT2D eigenvalue weighted by molar-refractivity contribution is 5.89. The predicted octanol–water partition coefficient (Wildman–Crippen LogP) is 2.89. The summed E-state index contributed by atoms with van der Waals surface area (Å²) in [6.07, 6.45) is 4.01. The molecule has 0 radical (unpaired) electrons. The molecule has 3 rings (SSSR count). The SMILES string of the molecule is C=CCC1COCC1n1ccc(=O)c(OCc2ccccc2)c1C(=O)O. The van der Waals surface area contributed by atoms with Crippen molar-refractivity contribution in [3.05, 3.63) is 76.7 Å². The highest BCUT2D eigenvalue weighted by atomic mass is 16.5. The van der Waals surface area contributed by atoms with Crippen LogP contribution in [0.25, 0.3) is 0 Å². The molecule has 2 atom stereocenters. The molecule has 1 aromatic carbocycles. The number of nitrogens with zero attached hydrogens (tertiary/aromatic N) is 1. The van der Waals surface area contributed by atoms with Crippen molar-refractivity contribution in [1.82, 2.24) is 4.57 Å². The van der Waals surface area contributed by atoms with Crippen molar-refractivity contribution in [3.8, 4) is 5.75 Å². The molecular weight excluding hydrogens is 334 g/mol. The van der Waals surface area contributed by atoms with Gasteiger partial charge in [0.15, 0.2) is 11.4 Å². The summed E-state index contributed by atoms with van der Waals surface area (Å²) in [6.45, 7) is 4.79. The summed E-state index contributed by atoms with van der Waals surface area (Å²) < 4.78 is 12.8. The Morgan fingerprint density at radius 3 is 2.77 bits per heavy atom. The van der Waals surface area contributed by atoms with E-state index < -0.39 is 11.4 Å². The molecule has 0 bridgehead atoms. The van der Waals surface area contributed by atoms with Crippen molar-refractivity contribution >= 4 is 5.97 Å². The van der Waals surface area contributed by atoms with Gasteiger partial charge in [0.05, 0.1) is 19.3 Å². The molecule has 6 nitrogen and oxygen atoms in total. The van der Waals surface area contributed by atoms with Gasteiger partial charge in [0.2, 0.25) is 5.43 Å². The fourth-order valence-electron chi connectivity index (χ4n) is 3.22. The van der Waals surface area contributed by atoms with Gasteiger partial charge in [0.1, 0.15) is 6.61 Å².